The van der Waals surface area contributed by atoms with Crippen molar-refractivity contribution >= 4 is 17.7 Å². The summed E-state index contributed by atoms with van der Waals surface area (Å²) in [5.41, 5.74) is 0.402. The zero-order chi connectivity index (χ0) is 15.7. The molecule has 0 aliphatic rings. The van der Waals surface area contributed by atoms with Crippen molar-refractivity contribution in [3.63, 3.8) is 0 Å². The van der Waals surface area contributed by atoms with Crippen LogP contribution in [0.1, 0.15) is 39.3 Å². The fourth-order valence-electron chi connectivity index (χ4n) is 1.63. The second-order valence-electron chi connectivity index (χ2n) is 5.74. The van der Waals surface area contributed by atoms with Gasteiger partial charge in [0.2, 0.25) is 0 Å². The molecule has 6 heteroatoms. The van der Waals surface area contributed by atoms with Gasteiger partial charge in [0.25, 0.3) is 0 Å². The van der Waals surface area contributed by atoms with E-state index in [0.29, 0.717) is 18.1 Å². The second-order valence-corrected chi connectivity index (χ2v) is 6.15. The number of alkyl carbamates (subject to hydrolysis) is 1. The van der Waals surface area contributed by atoms with Crippen LogP contribution < -0.4 is 10.6 Å². The summed E-state index contributed by atoms with van der Waals surface area (Å²) >= 11 is 6.01. The third kappa shape index (κ3) is 8.52. The quantitative estimate of drug-likeness (QED) is 0.759. The Kier molecular flexibility index (Phi) is 7.47. The number of nitrogens with one attached hydrogen (secondary N) is 2. The van der Waals surface area contributed by atoms with Crippen molar-refractivity contribution in [2.45, 2.75) is 45.8 Å². The van der Waals surface area contributed by atoms with Crippen LogP contribution in [0.15, 0.2) is 18.3 Å². The van der Waals surface area contributed by atoms with Gasteiger partial charge >= 0.3 is 6.09 Å². The number of aromatic nitrogens is 1. The predicted octanol–water partition coefficient (Wildman–Crippen LogP) is 3.13. The lowest BCUT2D eigenvalue weighted by molar-refractivity contribution is 0.0527. The Labute approximate surface area is 131 Å². The van der Waals surface area contributed by atoms with Gasteiger partial charge in [-0.25, -0.2) is 4.79 Å². The molecule has 0 atom stereocenters. The lowest BCUT2D eigenvalue weighted by atomic mass is 10.2. The first kappa shape index (κ1) is 17.7. The summed E-state index contributed by atoms with van der Waals surface area (Å²) in [5.74, 6) is 0. The highest BCUT2D eigenvalue weighted by atomic mass is 35.5. The molecule has 1 aromatic heterocycles. The molecule has 0 bridgehead atoms. The Bertz CT molecular complexity index is 447. The van der Waals surface area contributed by atoms with Crippen LogP contribution in [0.2, 0.25) is 5.02 Å². The lowest BCUT2D eigenvalue weighted by Crippen LogP contribution is -2.33. The summed E-state index contributed by atoms with van der Waals surface area (Å²) in [5, 5.41) is 6.69. The summed E-state index contributed by atoms with van der Waals surface area (Å²) < 4.78 is 5.15. The van der Waals surface area contributed by atoms with Gasteiger partial charge < -0.3 is 15.4 Å². The SMILES string of the molecule is CC(C)(C)OC(=O)NCCCCNCc1ncccc1Cl. The summed E-state index contributed by atoms with van der Waals surface area (Å²) in [6.45, 7) is 7.65. The van der Waals surface area contributed by atoms with E-state index in [1.807, 2.05) is 32.9 Å². The Balaban J connectivity index is 2.03. The van der Waals surface area contributed by atoms with Gasteiger partial charge in [-0.1, -0.05) is 11.6 Å². The number of pyridine rings is 1. The zero-order valence-corrected chi connectivity index (χ0v) is 13.7. The molecule has 0 unspecified atom stereocenters. The molecule has 1 rings (SSSR count). The molecule has 0 saturated carbocycles. The molecule has 2 N–H and O–H groups in total. The van der Waals surface area contributed by atoms with Gasteiger partial charge in [-0.05, 0) is 52.3 Å². The first-order valence-corrected chi connectivity index (χ1v) is 7.53. The van der Waals surface area contributed by atoms with Gasteiger partial charge in [-0.15, -0.1) is 0 Å². The molecule has 0 aliphatic heterocycles. The smallest absolute Gasteiger partial charge is 0.407 e. The molecule has 118 valence electrons. The normalized spacial score (nSPS) is 11.2. The maximum atomic E-state index is 11.4. The zero-order valence-electron chi connectivity index (χ0n) is 12.9. The minimum atomic E-state index is -0.451. The van der Waals surface area contributed by atoms with Gasteiger partial charge in [0.15, 0.2) is 0 Å². The summed E-state index contributed by atoms with van der Waals surface area (Å²) in [6.07, 6.45) is 3.21. The average Bonchev–Trinajstić information content (AvgIpc) is 2.37. The Morgan fingerprint density at radius 1 is 1.33 bits per heavy atom. The van der Waals surface area contributed by atoms with E-state index in [0.717, 1.165) is 25.1 Å². The van der Waals surface area contributed by atoms with Crippen LogP contribution in [0, 0.1) is 0 Å². The summed E-state index contributed by atoms with van der Waals surface area (Å²) in [6, 6.07) is 3.64. The molecule has 0 spiro atoms. The monoisotopic (exact) mass is 313 g/mol. The van der Waals surface area contributed by atoms with E-state index in [9.17, 15) is 4.79 Å². The Morgan fingerprint density at radius 2 is 2.05 bits per heavy atom. The third-order valence-electron chi connectivity index (χ3n) is 2.58. The number of nitrogens with zero attached hydrogens (tertiary/aromatic N) is 1. The number of rotatable bonds is 7. The summed E-state index contributed by atoms with van der Waals surface area (Å²) in [7, 11) is 0. The van der Waals surface area contributed by atoms with E-state index in [1.165, 1.54) is 0 Å². The molecule has 0 aliphatic carbocycles. The van der Waals surface area contributed by atoms with Crippen LogP contribution in [-0.4, -0.2) is 29.8 Å². The molecule has 0 radical (unpaired) electrons. The van der Waals surface area contributed by atoms with Crippen molar-refractivity contribution in [3.8, 4) is 0 Å². The number of unbranched alkanes of at least 4 members (excludes halogenated alkanes) is 1. The van der Waals surface area contributed by atoms with E-state index < -0.39 is 5.60 Å². The first-order valence-electron chi connectivity index (χ1n) is 7.15. The molecule has 0 aromatic carbocycles. The van der Waals surface area contributed by atoms with Crippen LogP contribution in [0.5, 0.6) is 0 Å². The highest BCUT2D eigenvalue weighted by Crippen LogP contribution is 2.11. The van der Waals surface area contributed by atoms with Crippen LogP contribution in [0.4, 0.5) is 4.79 Å². The average molecular weight is 314 g/mol. The number of hydrogen-bond donors (Lipinski definition) is 2. The van der Waals surface area contributed by atoms with E-state index in [-0.39, 0.29) is 6.09 Å². The topological polar surface area (TPSA) is 63.2 Å². The van der Waals surface area contributed by atoms with Gasteiger partial charge in [-0.2, -0.15) is 0 Å². The van der Waals surface area contributed by atoms with Crippen molar-refractivity contribution in [1.29, 1.82) is 0 Å². The van der Waals surface area contributed by atoms with E-state index in [2.05, 4.69) is 15.6 Å². The van der Waals surface area contributed by atoms with Crippen molar-refractivity contribution in [2.24, 2.45) is 0 Å². The molecule has 1 aromatic rings. The first-order chi connectivity index (χ1) is 9.88. The highest BCUT2D eigenvalue weighted by Gasteiger charge is 2.15. The van der Waals surface area contributed by atoms with Gasteiger partial charge in [-0.3, -0.25) is 4.98 Å². The molecule has 1 amide bonds. The van der Waals surface area contributed by atoms with Crippen LogP contribution in [-0.2, 0) is 11.3 Å². The molecular formula is C15H24ClN3O2. The van der Waals surface area contributed by atoms with Crippen LogP contribution in [0.25, 0.3) is 0 Å². The van der Waals surface area contributed by atoms with Crippen LogP contribution in [0.3, 0.4) is 0 Å². The van der Waals surface area contributed by atoms with Crippen LogP contribution >= 0.6 is 11.6 Å². The number of halogens is 1. The van der Waals surface area contributed by atoms with Gasteiger partial charge in [0.05, 0.1) is 10.7 Å². The summed E-state index contributed by atoms with van der Waals surface area (Å²) in [4.78, 5) is 15.6. The molecular weight excluding hydrogens is 290 g/mol. The number of carbonyl (C=O) groups is 1. The van der Waals surface area contributed by atoms with E-state index in [1.54, 1.807) is 6.20 Å². The minimum absolute atomic E-state index is 0.365. The van der Waals surface area contributed by atoms with Crippen molar-refractivity contribution in [1.82, 2.24) is 15.6 Å². The van der Waals surface area contributed by atoms with E-state index in [4.69, 9.17) is 16.3 Å². The van der Waals surface area contributed by atoms with E-state index >= 15 is 0 Å². The Hall–Kier alpha value is -1.33. The highest BCUT2D eigenvalue weighted by molar-refractivity contribution is 6.31. The largest absolute Gasteiger partial charge is 0.444 e. The van der Waals surface area contributed by atoms with Crippen molar-refractivity contribution in [3.05, 3.63) is 29.0 Å². The van der Waals surface area contributed by atoms with Crippen molar-refractivity contribution < 1.29 is 9.53 Å². The number of carbonyl (C=O) groups excluding carboxylic acids is 1. The van der Waals surface area contributed by atoms with Gasteiger partial charge in [0, 0.05) is 19.3 Å². The second kappa shape index (κ2) is 8.85. The molecule has 21 heavy (non-hydrogen) atoms. The number of ether oxygens (including phenoxy) is 1. The van der Waals surface area contributed by atoms with Gasteiger partial charge in [0.1, 0.15) is 5.60 Å². The molecule has 1 heterocycles. The molecule has 0 fully saturated rings. The number of amides is 1. The third-order valence-corrected chi connectivity index (χ3v) is 2.92. The lowest BCUT2D eigenvalue weighted by Gasteiger charge is -2.19. The fourth-order valence-corrected chi connectivity index (χ4v) is 1.82. The number of hydrogen-bond acceptors (Lipinski definition) is 4. The minimum Gasteiger partial charge on any atom is -0.444 e. The predicted molar refractivity (Wildman–Crippen MR) is 84.4 cm³/mol. The molecule has 0 saturated heterocycles. The maximum absolute atomic E-state index is 11.4. The standard InChI is InChI=1S/C15H24ClN3O2/c1-15(2,3)21-14(20)19-9-5-4-8-17-11-13-12(16)7-6-10-18-13/h6-7,10,17H,4-5,8-9,11H2,1-3H3,(H,19,20). The fraction of sp³-hybridized carbons (Fsp3) is 0.600. The maximum Gasteiger partial charge on any atom is 0.407 e. The Morgan fingerprint density at radius 3 is 2.71 bits per heavy atom. The molecule has 5 nitrogen and oxygen atoms in total. The van der Waals surface area contributed by atoms with Crippen molar-refractivity contribution in [2.75, 3.05) is 13.1 Å².